The lowest BCUT2D eigenvalue weighted by molar-refractivity contribution is -0.121. The van der Waals surface area contributed by atoms with Crippen LogP contribution in [-0.4, -0.2) is 29.4 Å². The third-order valence-electron chi connectivity index (χ3n) is 5.39. The highest BCUT2D eigenvalue weighted by molar-refractivity contribution is 6.00. The van der Waals surface area contributed by atoms with Crippen molar-refractivity contribution in [1.82, 2.24) is 9.97 Å². The number of ether oxygens (including phenoxy) is 1. The number of rotatable bonds is 3. The molecule has 3 atom stereocenters. The van der Waals surface area contributed by atoms with Crippen molar-refractivity contribution in [2.24, 2.45) is 17.6 Å². The van der Waals surface area contributed by atoms with Crippen LogP contribution in [0.2, 0.25) is 0 Å². The first-order chi connectivity index (χ1) is 11.5. The number of aromatic nitrogens is 2. The van der Waals surface area contributed by atoms with Crippen LogP contribution < -0.4 is 10.5 Å². The second-order valence-electron chi connectivity index (χ2n) is 6.74. The molecule has 0 aromatic carbocycles. The monoisotopic (exact) mass is 326 g/mol. The Bertz CT molecular complexity index is 765. The first-order valence-corrected chi connectivity index (χ1v) is 8.25. The summed E-state index contributed by atoms with van der Waals surface area (Å²) in [6.07, 6.45) is 4.01. The molecule has 126 valence electrons. The molecular formula is C18H22N4O2. The molecule has 0 saturated heterocycles. The highest BCUT2D eigenvalue weighted by Crippen LogP contribution is 2.50. The Balaban J connectivity index is 2.24. The van der Waals surface area contributed by atoms with Gasteiger partial charge in [0.15, 0.2) is 5.78 Å². The molecule has 1 aromatic rings. The number of methoxy groups -OCH3 is 1. The lowest BCUT2D eigenvalue weighted by Gasteiger charge is -2.45. The van der Waals surface area contributed by atoms with Crippen molar-refractivity contribution in [3.8, 4) is 5.88 Å². The van der Waals surface area contributed by atoms with Gasteiger partial charge in [-0.3, -0.25) is 0 Å². The molecular weight excluding hydrogens is 304 g/mol. The zero-order chi connectivity index (χ0) is 17.5. The van der Waals surface area contributed by atoms with Crippen LogP contribution in [0.1, 0.15) is 37.4 Å². The second-order valence-corrected chi connectivity index (χ2v) is 6.74. The summed E-state index contributed by atoms with van der Waals surface area (Å²) >= 11 is 0. The van der Waals surface area contributed by atoms with Crippen LogP contribution >= 0.6 is 0 Å². The fourth-order valence-electron chi connectivity index (χ4n) is 4.17. The number of allylic oxidation sites excluding steroid dienone is 2. The molecule has 2 aliphatic rings. The molecule has 0 fully saturated rings. The first kappa shape index (κ1) is 16.6. The predicted octanol–water partition coefficient (Wildman–Crippen LogP) is 1.83. The van der Waals surface area contributed by atoms with E-state index in [9.17, 15) is 4.79 Å². The van der Waals surface area contributed by atoms with Gasteiger partial charge < -0.3 is 15.3 Å². The van der Waals surface area contributed by atoms with Gasteiger partial charge in [-0.2, -0.15) is 4.98 Å². The SMILES string of the molecule is [C-]#[N+]C1=C[C@@]2(C)c3nc(CCN)nc(OC)c3CC[C@@H]2[C@@H](C)C1=O. The summed E-state index contributed by atoms with van der Waals surface area (Å²) < 4.78 is 5.49. The number of nitrogens with zero attached hydrogens (tertiary/aromatic N) is 3. The van der Waals surface area contributed by atoms with E-state index in [0.29, 0.717) is 24.7 Å². The highest BCUT2D eigenvalue weighted by atomic mass is 16.5. The second kappa shape index (κ2) is 5.99. The van der Waals surface area contributed by atoms with Gasteiger partial charge in [0, 0.05) is 23.3 Å². The van der Waals surface area contributed by atoms with E-state index in [4.69, 9.17) is 22.0 Å². The van der Waals surface area contributed by atoms with Crippen molar-refractivity contribution in [3.63, 3.8) is 0 Å². The molecule has 0 bridgehead atoms. The van der Waals surface area contributed by atoms with Crippen molar-refractivity contribution in [2.75, 3.05) is 13.7 Å². The summed E-state index contributed by atoms with van der Waals surface area (Å²) in [6, 6.07) is 0. The lowest BCUT2D eigenvalue weighted by Crippen LogP contribution is -2.46. The third kappa shape index (κ3) is 2.31. The van der Waals surface area contributed by atoms with Crippen molar-refractivity contribution < 1.29 is 9.53 Å². The fraction of sp³-hybridized carbons (Fsp3) is 0.556. The molecule has 1 aromatic heterocycles. The number of ketones is 1. The van der Waals surface area contributed by atoms with E-state index >= 15 is 0 Å². The molecule has 0 aliphatic heterocycles. The van der Waals surface area contributed by atoms with Crippen molar-refractivity contribution >= 4 is 5.78 Å². The minimum atomic E-state index is -0.458. The van der Waals surface area contributed by atoms with Crippen LogP contribution in [0, 0.1) is 18.4 Å². The van der Waals surface area contributed by atoms with Crippen molar-refractivity contribution in [2.45, 2.75) is 38.5 Å². The highest BCUT2D eigenvalue weighted by Gasteiger charge is 2.49. The van der Waals surface area contributed by atoms with E-state index in [1.165, 1.54) is 0 Å². The number of carbonyl (C=O) groups is 1. The van der Waals surface area contributed by atoms with Gasteiger partial charge in [-0.1, -0.05) is 19.9 Å². The molecule has 6 nitrogen and oxygen atoms in total. The summed E-state index contributed by atoms with van der Waals surface area (Å²) in [5.41, 5.74) is 7.29. The average Bonchev–Trinajstić information content (AvgIpc) is 2.58. The number of hydrogen-bond donors (Lipinski definition) is 1. The van der Waals surface area contributed by atoms with E-state index in [0.717, 1.165) is 24.1 Å². The van der Waals surface area contributed by atoms with Crippen LogP contribution in [0.3, 0.4) is 0 Å². The molecule has 6 heteroatoms. The standard InChI is InChI=1S/C18H22N4O2/c1-10-12-6-5-11-16(18(12,2)9-13(20-3)15(10)23)21-14(7-8-19)22-17(11)24-4/h9-10,12H,5-8,19H2,1-2,4H3/t10-,12-,18-/m1/s1. The van der Waals surface area contributed by atoms with Gasteiger partial charge in [0.2, 0.25) is 11.6 Å². The van der Waals surface area contributed by atoms with Gasteiger partial charge >= 0.3 is 0 Å². The van der Waals surface area contributed by atoms with Gasteiger partial charge in [-0.05, 0) is 25.3 Å². The van der Waals surface area contributed by atoms with E-state index < -0.39 is 5.41 Å². The molecule has 1 heterocycles. The maximum absolute atomic E-state index is 12.4. The molecule has 3 rings (SSSR count). The summed E-state index contributed by atoms with van der Waals surface area (Å²) in [5.74, 6) is 1.13. The van der Waals surface area contributed by atoms with Crippen LogP contribution in [0.5, 0.6) is 5.88 Å². The van der Waals surface area contributed by atoms with E-state index in [1.54, 1.807) is 7.11 Å². The van der Waals surface area contributed by atoms with E-state index in [-0.39, 0.29) is 23.3 Å². The van der Waals surface area contributed by atoms with E-state index in [2.05, 4.69) is 16.8 Å². The smallest absolute Gasteiger partial charge is 0.226 e. The maximum atomic E-state index is 12.4. The fourth-order valence-corrected chi connectivity index (χ4v) is 4.17. The number of carbonyl (C=O) groups excluding carboxylic acids is 1. The Morgan fingerprint density at radius 2 is 2.25 bits per heavy atom. The molecule has 0 radical (unpaired) electrons. The zero-order valence-electron chi connectivity index (χ0n) is 14.3. The van der Waals surface area contributed by atoms with E-state index in [1.807, 2.05) is 13.0 Å². The Labute approximate surface area is 141 Å². The van der Waals surface area contributed by atoms with Gasteiger partial charge in [0.25, 0.3) is 0 Å². The van der Waals surface area contributed by atoms with Crippen LogP contribution in [-0.2, 0) is 23.1 Å². The predicted molar refractivity (Wildman–Crippen MR) is 89.4 cm³/mol. The normalized spacial score (nSPS) is 28.5. The van der Waals surface area contributed by atoms with Crippen LogP contribution in [0.4, 0.5) is 0 Å². The molecule has 2 aliphatic carbocycles. The minimum absolute atomic E-state index is 0.0564. The molecule has 0 unspecified atom stereocenters. The molecule has 24 heavy (non-hydrogen) atoms. The van der Waals surface area contributed by atoms with Crippen molar-refractivity contribution in [1.29, 1.82) is 0 Å². The number of hydrogen-bond acceptors (Lipinski definition) is 5. The summed E-state index contributed by atoms with van der Waals surface area (Å²) in [7, 11) is 1.61. The lowest BCUT2D eigenvalue weighted by atomic mass is 9.58. The number of fused-ring (bicyclic) bond motifs is 3. The quantitative estimate of drug-likeness (QED) is 0.857. The minimum Gasteiger partial charge on any atom is -0.481 e. The topological polar surface area (TPSA) is 82.5 Å². The van der Waals surface area contributed by atoms with Crippen LogP contribution in [0.15, 0.2) is 11.8 Å². The Hall–Kier alpha value is -2.26. The molecule has 2 N–H and O–H groups in total. The number of Topliss-reactive ketones (excluding diaryl/α,β-unsaturated/α-hetero) is 1. The first-order valence-electron chi connectivity index (χ1n) is 8.25. The van der Waals surface area contributed by atoms with Gasteiger partial charge in [0.05, 0.1) is 19.4 Å². The summed E-state index contributed by atoms with van der Waals surface area (Å²) in [5, 5.41) is 0. The summed E-state index contributed by atoms with van der Waals surface area (Å²) in [4.78, 5) is 25.1. The Morgan fingerprint density at radius 1 is 1.50 bits per heavy atom. The van der Waals surface area contributed by atoms with Gasteiger partial charge in [-0.25, -0.2) is 9.83 Å². The molecule has 0 amide bonds. The zero-order valence-corrected chi connectivity index (χ0v) is 14.3. The van der Waals surface area contributed by atoms with Crippen LogP contribution in [0.25, 0.3) is 4.85 Å². The third-order valence-corrected chi connectivity index (χ3v) is 5.39. The maximum Gasteiger partial charge on any atom is 0.226 e. The Morgan fingerprint density at radius 3 is 2.88 bits per heavy atom. The average molecular weight is 326 g/mol. The largest absolute Gasteiger partial charge is 0.481 e. The van der Waals surface area contributed by atoms with Crippen molar-refractivity contribution in [3.05, 3.63) is 40.3 Å². The molecule has 0 saturated carbocycles. The number of nitrogens with two attached hydrogens (primary N) is 1. The van der Waals surface area contributed by atoms with Gasteiger partial charge in [-0.15, -0.1) is 0 Å². The Kier molecular flexibility index (Phi) is 4.14. The summed E-state index contributed by atoms with van der Waals surface area (Å²) in [6.45, 7) is 11.8. The molecule has 0 spiro atoms. The van der Waals surface area contributed by atoms with Gasteiger partial charge in [0.1, 0.15) is 5.82 Å².